The van der Waals surface area contributed by atoms with E-state index in [1.54, 1.807) is 11.8 Å². The number of fused-ring (bicyclic) bond motifs is 3. The molecule has 0 radical (unpaired) electrons. The van der Waals surface area contributed by atoms with E-state index in [2.05, 4.69) is 12.2 Å². The average Bonchev–Trinajstić information content (AvgIpc) is 3.52. The number of carbonyl (C=O) groups excluding carboxylic acids is 1. The molecule has 1 atom stereocenters. The number of hydrogen-bond acceptors (Lipinski definition) is 5. The van der Waals surface area contributed by atoms with Crippen LogP contribution in [0, 0.1) is 5.92 Å². The number of rotatable bonds is 6. The van der Waals surface area contributed by atoms with Crippen molar-refractivity contribution in [3.05, 3.63) is 52.2 Å². The van der Waals surface area contributed by atoms with Gasteiger partial charge in [0.1, 0.15) is 15.7 Å². The maximum Gasteiger partial charge on any atom is 0.230 e. The third-order valence-corrected chi connectivity index (χ3v) is 7.88. The fourth-order valence-electron chi connectivity index (χ4n) is 3.93. The molecule has 1 amide bonds. The second kappa shape index (κ2) is 8.07. The molecule has 6 heteroatoms. The number of thiophene rings is 1. The van der Waals surface area contributed by atoms with Crippen LogP contribution in [-0.2, 0) is 24.2 Å². The zero-order valence-electron chi connectivity index (χ0n) is 16.6. The zero-order valence-corrected chi connectivity index (χ0v) is 18.2. The predicted molar refractivity (Wildman–Crippen MR) is 120 cm³/mol. The molecule has 0 saturated heterocycles. The zero-order chi connectivity index (χ0) is 19.8. The number of amides is 1. The van der Waals surface area contributed by atoms with Crippen molar-refractivity contribution in [3.63, 3.8) is 0 Å². The number of aryl methyl sites for hydroxylation is 1. The van der Waals surface area contributed by atoms with Crippen LogP contribution in [0.4, 0.5) is 0 Å². The summed E-state index contributed by atoms with van der Waals surface area (Å²) in [7, 11) is 0. The maximum absolute atomic E-state index is 12.5. The highest BCUT2D eigenvalue weighted by Crippen LogP contribution is 2.44. The van der Waals surface area contributed by atoms with Crippen LogP contribution in [0.5, 0.6) is 0 Å². The van der Waals surface area contributed by atoms with Gasteiger partial charge in [-0.1, -0.05) is 49.0 Å². The molecule has 1 N–H and O–H groups in total. The lowest BCUT2D eigenvalue weighted by molar-refractivity contribution is -0.118. The van der Waals surface area contributed by atoms with Crippen LogP contribution in [0.15, 0.2) is 35.4 Å². The molecule has 1 fully saturated rings. The summed E-state index contributed by atoms with van der Waals surface area (Å²) in [4.78, 5) is 24.9. The first-order valence-corrected chi connectivity index (χ1v) is 12.2. The van der Waals surface area contributed by atoms with Gasteiger partial charge in [-0.3, -0.25) is 4.79 Å². The van der Waals surface area contributed by atoms with Gasteiger partial charge in [-0.25, -0.2) is 9.97 Å². The van der Waals surface area contributed by atoms with Crippen LogP contribution in [-0.4, -0.2) is 21.6 Å². The molecule has 2 aliphatic carbocycles. The Morgan fingerprint density at radius 3 is 2.83 bits per heavy atom. The van der Waals surface area contributed by atoms with E-state index < -0.39 is 0 Å². The topological polar surface area (TPSA) is 54.9 Å². The van der Waals surface area contributed by atoms with E-state index >= 15 is 0 Å². The molecule has 0 unspecified atom stereocenters. The van der Waals surface area contributed by atoms with E-state index in [0.717, 1.165) is 40.0 Å². The van der Waals surface area contributed by atoms with Crippen LogP contribution < -0.4 is 5.32 Å². The van der Waals surface area contributed by atoms with Crippen molar-refractivity contribution in [3.8, 4) is 0 Å². The van der Waals surface area contributed by atoms with Gasteiger partial charge in [0.15, 0.2) is 0 Å². The Balaban J connectivity index is 1.36. The Labute approximate surface area is 179 Å². The van der Waals surface area contributed by atoms with Gasteiger partial charge in [0.25, 0.3) is 0 Å². The molecule has 0 spiro atoms. The third kappa shape index (κ3) is 4.19. The Bertz CT molecular complexity index is 1040. The summed E-state index contributed by atoms with van der Waals surface area (Å²) in [5, 5.41) is 5.27. The van der Waals surface area contributed by atoms with Crippen LogP contribution in [0.3, 0.4) is 0 Å². The SMILES string of the molecule is C[C@@H]1CCc2c(sc3nc(C4CC4)nc(SCC(=O)NCc4ccccc4)c23)C1. The number of nitrogens with one attached hydrogen (secondary N) is 1. The van der Waals surface area contributed by atoms with Crippen molar-refractivity contribution in [2.75, 3.05) is 5.75 Å². The fourth-order valence-corrected chi connectivity index (χ4v) is 6.28. The molecule has 4 nitrogen and oxygen atoms in total. The summed E-state index contributed by atoms with van der Waals surface area (Å²) in [5.74, 6) is 2.69. The first-order chi connectivity index (χ1) is 14.2. The van der Waals surface area contributed by atoms with E-state index in [1.807, 2.05) is 41.7 Å². The molecule has 0 bridgehead atoms. The predicted octanol–water partition coefficient (Wildman–Crippen LogP) is 5.10. The van der Waals surface area contributed by atoms with Crippen LogP contribution in [0.1, 0.15) is 53.9 Å². The van der Waals surface area contributed by atoms with Crippen LogP contribution >= 0.6 is 23.1 Å². The summed E-state index contributed by atoms with van der Waals surface area (Å²) in [6.07, 6.45) is 5.86. The smallest absolute Gasteiger partial charge is 0.230 e. The summed E-state index contributed by atoms with van der Waals surface area (Å²) in [6.45, 7) is 2.90. The summed E-state index contributed by atoms with van der Waals surface area (Å²) >= 11 is 3.43. The minimum absolute atomic E-state index is 0.0521. The largest absolute Gasteiger partial charge is 0.351 e. The minimum atomic E-state index is 0.0521. The number of benzene rings is 1. The fraction of sp³-hybridized carbons (Fsp3) is 0.435. The molecule has 2 aromatic heterocycles. The lowest BCUT2D eigenvalue weighted by Crippen LogP contribution is -2.24. The summed E-state index contributed by atoms with van der Waals surface area (Å²) < 4.78 is 0. The van der Waals surface area contributed by atoms with Gasteiger partial charge in [0.2, 0.25) is 5.91 Å². The molecular weight excluding hydrogens is 398 g/mol. The molecule has 5 rings (SSSR count). The lowest BCUT2D eigenvalue weighted by atomic mass is 9.89. The highest BCUT2D eigenvalue weighted by Gasteiger charge is 2.30. The molecule has 1 saturated carbocycles. The normalized spacial score (nSPS) is 18.6. The van der Waals surface area contributed by atoms with Gasteiger partial charge >= 0.3 is 0 Å². The number of nitrogens with zero attached hydrogens (tertiary/aromatic N) is 2. The number of thioether (sulfide) groups is 1. The van der Waals surface area contributed by atoms with E-state index in [-0.39, 0.29) is 5.91 Å². The van der Waals surface area contributed by atoms with Gasteiger partial charge < -0.3 is 5.32 Å². The van der Waals surface area contributed by atoms with Gasteiger partial charge in [-0.15, -0.1) is 11.3 Å². The molecular formula is C23H25N3OS2. The standard InChI is InChI=1S/C23H25N3OS2/c1-14-7-10-17-18(11-14)29-23-20(17)22(25-21(26-23)16-8-9-16)28-13-19(27)24-12-15-5-3-2-4-6-15/h2-6,14,16H,7-13H2,1H3,(H,24,27)/t14-/m1/s1. The van der Waals surface area contributed by atoms with Gasteiger partial charge in [0, 0.05) is 22.7 Å². The second-order valence-electron chi connectivity index (χ2n) is 8.24. The first-order valence-electron chi connectivity index (χ1n) is 10.4. The second-order valence-corrected chi connectivity index (χ2v) is 10.3. The summed E-state index contributed by atoms with van der Waals surface area (Å²) in [5.41, 5.74) is 2.56. The molecule has 3 aromatic rings. The molecule has 2 aliphatic rings. The van der Waals surface area contributed by atoms with E-state index in [1.165, 1.54) is 35.1 Å². The monoisotopic (exact) mass is 423 g/mol. The quantitative estimate of drug-likeness (QED) is 0.443. The first kappa shape index (κ1) is 19.1. The molecule has 2 heterocycles. The highest BCUT2D eigenvalue weighted by molar-refractivity contribution is 8.00. The van der Waals surface area contributed by atoms with Crippen LogP contribution in [0.25, 0.3) is 10.2 Å². The van der Waals surface area contributed by atoms with E-state index in [9.17, 15) is 4.79 Å². The van der Waals surface area contributed by atoms with Gasteiger partial charge in [-0.05, 0) is 49.1 Å². The molecule has 29 heavy (non-hydrogen) atoms. The van der Waals surface area contributed by atoms with Crippen molar-refractivity contribution in [1.29, 1.82) is 0 Å². The van der Waals surface area contributed by atoms with Crippen LogP contribution in [0.2, 0.25) is 0 Å². The lowest BCUT2D eigenvalue weighted by Gasteiger charge is -2.18. The van der Waals surface area contributed by atoms with Crippen molar-refractivity contribution in [1.82, 2.24) is 15.3 Å². The van der Waals surface area contributed by atoms with Crippen molar-refractivity contribution in [2.24, 2.45) is 5.92 Å². The Morgan fingerprint density at radius 2 is 2.03 bits per heavy atom. The molecule has 150 valence electrons. The number of carbonyl (C=O) groups is 1. The number of aromatic nitrogens is 2. The number of hydrogen-bond donors (Lipinski definition) is 1. The average molecular weight is 424 g/mol. The molecule has 0 aliphatic heterocycles. The van der Waals surface area contributed by atoms with Gasteiger partial charge in [-0.2, -0.15) is 0 Å². The van der Waals surface area contributed by atoms with E-state index in [0.29, 0.717) is 18.2 Å². The summed E-state index contributed by atoms with van der Waals surface area (Å²) in [6, 6.07) is 10.0. The molecule has 1 aromatic carbocycles. The maximum atomic E-state index is 12.5. The minimum Gasteiger partial charge on any atom is -0.351 e. The van der Waals surface area contributed by atoms with Gasteiger partial charge in [0.05, 0.1) is 5.75 Å². The Hall–Kier alpha value is -1.92. The highest BCUT2D eigenvalue weighted by atomic mass is 32.2. The van der Waals surface area contributed by atoms with Crippen molar-refractivity contribution in [2.45, 2.75) is 56.5 Å². The Morgan fingerprint density at radius 1 is 1.21 bits per heavy atom. The third-order valence-electron chi connectivity index (χ3n) is 5.75. The van der Waals surface area contributed by atoms with E-state index in [4.69, 9.17) is 9.97 Å². The van der Waals surface area contributed by atoms with Crippen molar-refractivity contribution >= 4 is 39.2 Å². The van der Waals surface area contributed by atoms with Crippen molar-refractivity contribution < 1.29 is 4.79 Å². The Kier molecular flexibility index (Phi) is 5.31.